The molecule has 4 heteroatoms. The van der Waals surface area contributed by atoms with Crippen LogP contribution in [-0.4, -0.2) is 49.7 Å². The lowest BCUT2D eigenvalue weighted by Gasteiger charge is -2.34. The molecular formula is C16H32N2O2. The standard InChI is InChI=1S/C16H32N2O2/c1-5-17-15(16(19)20-6-2)10-11-18(4)14-9-7-8-13(3)12-14/h13-15,17H,5-12H2,1-4H3. The minimum atomic E-state index is -0.164. The van der Waals surface area contributed by atoms with Gasteiger partial charge in [-0.25, -0.2) is 0 Å². The van der Waals surface area contributed by atoms with Crippen molar-refractivity contribution < 1.29 is 9.53 Å². The highest BCUT2D eigenvalue weighted by atomic mass is 16.5. The topological polar surface area (TPSA) is 41.6 Å². The summed E-state index contributed by atoms with van der Waals surface area (Å²) in [5.74, 6) is 0.727. The highest BCUT2D eigenvalue weighted by Gasteiger charge is 2.24. The number of carbonyl (C=O) groups is 1. The van der Waals surface area contributed by atoms with E-state index >= 15 is 0 Å². The average molecular weight is 284 g/mol. The van der Waals surface area contributed by atoms with Crippen molar-refractivity contribution in [2.45, 2.75) is 65.0 Å². The Morgan fingerprint density at radius 3 is 2.75 bits per heavy atom. The number of hydrogen-bond acceptors (Lipinski definition) is 4. The fourth-order valence-corrected chi connectivity index (χ4v) is 3.11. The number of likely N-dealkylation sites (N-methyl/N-ethyl adjacent to an activating group) is 1. The summed E-state index contributed by atoms with van der Waals surface area (Å²) < 4.78 is 5.13. The normalized spacial score (nSPS) is 24.6. The van der Waals surface area contributed by atoms with Crippen LogP contribution in [0.15, 0.2) is 0 Å². The molecule has 1 aliphatic carbocycles. The molecule has 3 unspecified atom stereocenters. The highest BCUT2D eigenvalue weighted by Crippen LogP contribution is 2.26. The quantitative estimate of drug-likeness (QED) is 0.695. The lowest BCUT2D eigenvalue weighted by molar-refractivity contribution is -0.145. The second-order valence-corrected chi connectivity index (χ2v) is 6.06. The zero-order chi connectivity index (χ0) is 15.0. The van der Waals surface area contributed by atoms with Crippen LogP contribution in [0.4, 0.5) is 0 Å². The average Bonchev–Trinajstić information content (AvgIpc) is 2.43. The second-order valence-electron chi connectivity index (χ2n) is 6.06. The van der Waals surface area contributed by atoms with Crippen molar-refractivity contribution in [2.24, 2.45) is 5.92 Å². The molecule has 0 radical (unpaired) electrons. The second kappa shape index (κ2) is 9.35. The molecule has 0 heterocycles. The Bertz CT molecular complexity index is 284. The number of esters is 1. The Morgan fingerprint density at radius 2 is 2.15 bits per heavy atom. The Hall–Kier alpha value is -0.610. The zero-order valence-electron chi connectivity index (χ0n) is 13.7. The predicted octanol–water partition coefficient (Wildman–Crippen LogP) is 2.43. The Labute approximate surface area is 124 Å². The fourth-order valence-electron chi connectivity index (χ4n) is 3.11. The maximum Gasteiger partial charge on any atom is 0.323 e. The molecule has 1 saturated carbocycles. The predicted molar refractivity (Wildman–Crippen MR) is 82.8 cm³/mol. The Kier molecular flexibility index (Phi) is 8.15. The van der Waals surface area contributed by atoms with Crippen molar-refractivity contribution in [1.82, 2.24) is 10.2 Å². The summed E-state index contributed by atoms with van der Waals surface area (Å²) in [6.07, 6.45) is 6.12. The van der Waals surface area contributed by atoms with Crippen LogP contribution < -0.4 is 5.32 Å². The van der Waals surface area contributed by atoms with Crippen LogP contribution in [0.3, 0.4) is 0 Å². The van der Waals surface area contributed by atoms with Gasteiger partial charge in [-0.15, -0.1) is 0 Å². The van der Waals surface area contributed by atoms with Gasteiger partial charge < -0.3 is 15.0 Å². The highest BCUT2D eigenvalue weighted by molar-refractivity contribution is 5.75. The van der Waals surface area contributed by atoms with E-state index in [0.29, 0.717) is 12.6 Å². The van der Waals surface area contributed by atoms with Gasteiger partial charge in [0.25, 0.3) is 0 Å². The van der Waals surface area contributed by atoms with Gasteiger partial charge in [0.15, 0.2) is 0 Å². The van der Waals surface area contributed by atoms with Gasteiger partial charge in [-0.1, -0.05) is 26.7 Å². The first-order chi connectivity index (χ1) is 9.58. The molecule has 0 amide bonds. The van der Waals surface area contributed by atoms with Crippen LogP contribution in [0, 0.1) is 5.92 Å². The molecule has 1 N–H and O–H groups in total. The molecule has 1 aliphatic rings. The van der Waals surface area contributed by atoms with E-state index in [1.165, 1.54) is 25.7 Å². The monoisotopic (exact) mass is 284 g/mol. The summed E-state index contributed by atoms with van der Waals surface area (Å²) in [5, 5.41) is 3.23. The molecule has 1 fully saturated rings. The van der Waals surface area contributed by atoms with E-state index in [0.717, 1.165) is 25.4 Å². The van der Waals surface area contributed by atoms with Gasteiger partial charge in [-0.3, -0.25) is 4.79 Å². The third-order valence-corrected chi connectivity index (χ3v) is 4.32. The van der Waals surface area contributed by atoms with E-state index in [1.807, 2.05) is 13.8 Å². The molecule has 0 aromatic carbocycles. The lowest BCUT2D eigenvalue weighted by Crippen LogP contribution is -2.43. The summed E-state index contributed by atoms with van der Waals surface area (Å²) >= 11 is 0. The van der Waals surface area contributed by atoms with E-state index in [9.17, 15) is 4.79 Å². The molecular weight excluding hydrogens is 252 g/mol. The summed E-state index contributed by atoms with van der Waals surface area (Å²) in [7, 11) is 2.19. The van der Waals surface area contributed by atoms with Crippen LogP contribution in [0.2, 0.25) is 0 Å². The van der Waals surface area contributed by atoms with Gasteiger partial charge in [-0.05, 0) is 45.7 Å². The number of carbonyl (C=O) groups excluding carboxylic acids is 1. The van der Waals surface area contributed by atoms with Crippen LogP contribution in [0.25, 0.3) is 0 Å². The third-order valence-electron chi connectivity index (χ3n) is 4.32. The van der Waals surface area contributed by atoms with Crippen molar-refractivity contribution in [3.63, 3.8) is 0 Å². The summed E-state index contributed by atoms with van der Waals surface area (Å²) in [5.41, 5.74) is 0. The SMILES string of the molecule is CCNC(CCN(C)C1CCCC(C)C1)C(=O)OCC. The first-order valence-electron chi connectivity index (χ1n) is 8.18. The van der Waals surface area contributed by atoms with Crippen molar-refractivity contribution in [2.75, 3.05) is 26.7 Å². The minimum absolute atomic E-state index is 0.111. The number of hydrogen-bond donors (Lipinski definition) is 1. The molecule has 1 rings (SSSR count). The Balaban J connectivity index is 2.39. The zero-order valence-corrected chi connectivity index (χ0v) is 13.7. The largest absolute Gasteiger partial charge is 0.465 e. The molecule has 0 aromatic rings. The van der Waals surface area contributed by atoms with Crippen molar-refractivity contribution in [1.29, 1.82) is 0 Å². The number of nitrogens with zero attached hydrogens (tertiary/aromatic N) is 1. The van der Waals surface area contributed by atoms with Gasteiger partial charge >= 0.3 is 5.97 Å². The van der Waals surface area contributed by atoms with Gasteiger partial charge in [0.05, 0.1) is 6.61 Å². The number of nitrogens with one attached hydrogen (secondary N) is 1. The van der Waals surface area contributed by atoms with Crippen molar-refractivity contribution in [3.8, 4) is 0 Å². The third kappa shape index (κ3) is 5.80. The van der Waals surface area contributed by atoms with Crippen LogP contribution >= 0.6 is 0 Å². The van der Waals surface area contributed by atoms with Crippen LogP contribution in [0.5, 0.6) is 0 Å². The molecule has 3 atom stereocenters. The van der Waals surface area contributed by atoms with E-state index in [2.05, 4.69) is 24.2 Å². The smallest absolute Gasteiger partial charge is 0.323 e. The van der Waals surface area contributed by atoms with E-state index < -0.39 is 0 Å². The first kappa shape index (κ1) is 17.4. The lowest BCUT2D eigenvalue weighted by atomic mass is 9.86. The van der Waals surface area contributed by atoms with Crippen molar-refractivity contribution >= 4 is 5.97 Å². The molecule has 118 valence electrons. The van der Waals surface area contributed by atoms with Crippen molar-refractivity contribution in [3.05, 3.63) is 0 Å². The van der Waals surface area contributed by atoms with Crippen LogP contribution in [-0.2, 0) is 9.53 Å². The molecule has 4 nitrogen and oxygen atoms in total. The van der Waals surface area contributed by atoms with Gasteiger partial charge in [0.2, 0.25) is 0 Å². The number of ether oxygens (including phenoxy) is 1. The molecule has 0 aromatic heterocycles. The molecule has 20 heavy (non-hydrogen) atoms. The molecule has 0 spiro atoms. The fraction of sp³-hybridized carbons (Fsp3) is 0.938. The number of rotatable bonds is 8. The van der Waals surface area contributed by atoms with Gasteiger partial charge in [-0.2, -0.15) is 0 Å². The van der Waals surface area contributed by atoms with Gasteiger partial charge in [0.1, 0.15) is 6.04 Å². The van der Waals surface area contributed by atoms with E-state index in [4.69, 9.17) is 4.74 Å². The first-order valence-corrected chi connectivity index (χ1v) is 8.18. The minimum Gasteiger partial charge on any atom is -0.465 e. The van der Waals surface area contributed by atoms with Gasteiger partial charge in [0, 0.05) is 12.6 Å². The summed E-state index contributed by atoms with van der Waals surface area (Å²) in [6.45, 7) is 8.44. The molecule has 0 bridgehead atoms. The summed E-state index contributed by atoms with van der Waals surface area (Å²) in [4.78, 5) is 14.3. The maximum atomic E-state index is 11.9. The van der Waals surface area contributed by atoms with Crippen LogP contribution in [0.1, 0.15) is 52.9 Å². The Morgan fingerprint density at radius 1 is 1.40 bits per heavy atom. The van der Waals surface area contributed by atoms with E-state index in [-0.39, 0.29) is 12.0 Å². The summed E-state index contributed by atoms with van der Waals surface area (Å²) in [6, 6.07) is 0.520. The van der Waals surface area contributed by atoms with E-state index in [1.54, 1.807) is 0 Å². The molecule has 0 aliphatic heterocycles. The maximum absolute atomic E-state index is 11.9. The molecule has 0 saturated heterocycles.